The highest BCUT2D eigenvalue weighted by molar-refractivity contribution is 4.88. The molecule has 0 amide bonds. The van der Waals surface area contributed by atoms with E-state index in [1.165, 1.54) is 0 Å². The molecular weight excluding hydrogens is 124 g/mol. The molecule has 1 unspecified atom stereocenters. The van der Waals surface area contributed by atoms with E-state index in [4.69, 9.17) is 11.5 Å². The molecule has 0 fully saturated rings. The van der Waals surface area contributed by atoms with Gasteiger partial charge in [-0.2, -0.15) is 0 Å². The van der Waals surface area contributed by atoms with Crippen LogP contribution in [0.1, 0.15) is 19.3 Å². The molecule has 1 heteroatoms. The largest absolute Gasteiger partial charge is 0.396 e. The van der Waals surface area contributed by atoms with Crippen LogP contribution in [-0.2, 0) is 0 Å². The van der Waals surface area contributed by atoms with E-state index in [0.29, 0.717) is 5.92 Å². The minimum Gasteiger partial charge on any atom is -0.396 e. The number of hydrogen-bond donors (Lipinski definition) is 1. The van der Waals surface area contributed by atoms with E-state index in [9.17, 15) is 0 Å². The Hall–Kier alpha value is -0.740. The summed E-state index contributed by atoms with van der Waals surface area (Å²) in [5, 5.41) is 8.57. The zero-order chi connectivity index (χ0) is 7.82. The van der Waals surface area contributed by atoms with Crippen molar-refractivity contribution in [2.75, 3.05) is 6.61 Å². The third-order valence-corrected chi connectivity index (χ3v) is 1.49. The molecule has 0 aliphatic carbocycles. The fourth-order valence-corrected chi connectivity index (χ4v) is 0.815. The Bertz CT molecular complexity index is 121. The van der Waals surface area contributed by atoms with Crippen molar-refractivity contribution in [1.82, 2.24) is 0 Å². The van der Waals surface area contributed by atoms with Crippen molar-refractivity contribution in [2.24, 2.45) is 5.92 Å². The lowest BCUT2D eigenvalue weighted by Crippen LogP contribution is -1.98. The molecular formula is C9H14O. The SMILES string of the molecule is C#CCCC(C=C)CCO. The molecule has 56 valence electrons. The number of aliphatic hydroxyl groups excluding tert-OH is 1. The maximum atomic E-state index is 8.57. The van der Waals surface area contributed by atoms with Crippen LogP contribution >= 0.6 is 0 Å². The fourth-order valence-electron chi connectivity index (χ4n) is 0.815. The first-order valence-corrected chi connectivity index (χ1v) is 3.52. The Morgan fingerprint density at radius 3 is 2.70 bits per heavy atom. The second kappa shape index (κ2) is 6.38. The molecule has 0 rings (SSSR count). The second-order valence-corrected chi connectivity index (χ2v) is 2.25. The van der Waals surface area contributed by atoms with Gasteiger partial charge in [-0.05, 0) is 18.8 Å². The lowest BCUT2D eigenvalue weighted by molar-refractivity contribution is 0.267. The molecule has 0 saturated carbocycles. The van der Waals surface area contributed by atoms with E-state index in [0.717, 1.165) is 19.3 Å². The average molecular weight is 138 g/mol. The molecule has 1 N–H and O–H groups in total. The van der Waals surface area contributed by atoms with Crippen molar-refractivity contribution >= 4 is 0 Å². The van der Waals surface area contributed by atoms with Crippen LogP contribution in [0.4, 0.5) is 0 Å². The van der Waals surface area contributed by atoms with Crippen LogP contribution in [0.3, 0.4) is 0 Å². The zero-order valence-corrected chi connectivity index (χ0v) is 6.21. The molecule has 0 aromatic carbocycles. The summed E-state index contributed by atoms with van der Waals surface area (Å²) in [7, 11) is 0. The topological polar surface area (TPSA) is 20.2 Å². The quantitative estimate of drug-likeness (QED) is 0.452. The molecule has 0 saturated heterocycles. The number of rotatable bonds is 5. The van der Waals surface area contributed by atoms with Gasteiger partial charge in [0.25, 0.3) is 0 Å². The summed E-state index contributed by atoms with van der Waals surface area (Å²) in [4.78, 5) is 0. The lowest BCUT2D eigenvalue weighted by Gasteiger charge is -2.06. The van der Waals surface area contributed by atoms with Gasteiger partial charge in [0, 0.05) is 13.0 Å². The van der Waals surface area contributed by atoms with E-state index >= 15 is 0 Å². The maximum Gasteiger partial charge on any atom is 0.0436 e. The van der Waals surface area contributed by atoms with Gasteiger partial charge in [0.05, 0.1) is 0 Å². The van der Waals surface area contributed by atoms with Crippen molar-refractivity contribution < 1.29 is 5.11 Å². The van der Waals surface area contributed by atoms with Crippen molar-refractivity contribution in [3.8, 4) is 12.3 Å². The minimum absolute atomic E-state index is 0.223. The van der Waals surface area contributed by atoms with E-state index < -0.39 is 0 Å². The first-order valence-electron chi connectivity index (χ1n) is 3.52. The fraction of sp³-hybridized carbons (Fsp3) is 0.556. The van der Waals surface area contributed by atoms with Crippen molar-refractivity contribution in [1.29, 1.82) is 0 Å². The van der Waals surface area contributed by atoms with Crippen LogP contribution in [-0.4, -0.2) is 11.7 Å². The normalized spacial score (nSPS) is 12.0. The first kappa shape index (κ1) is 9.26. The highest BCUT2D eigenvalue weighted by atomic mass is 16.3. The highest BCUT2D eigenvalue weighted by Gasteiger charge is 2.00. The number of hydrogen-bond acceptors (Lipinski definition) is 1. The van der Waals surface area contributed by atoms with E-state index in [1.807, 2.05) is 6.08 Å². The molecule has 0 aliphatic rings. The standard InChI is InChI=1S/C9H14O/c1-3-5-6-9(4-2)7-8-10/h1,4,9-10H,2,5-8H2. The third kappa shape index (κ3) is 4.17. The van der Waals surface area contributed by atoms with Crippen molar-refractivity contribution in [3.63, 3.8) is 0 Å². The van der Waals surface area contributed by atoms with Gasteiger partial charge in [0.1, 0.15) is 0 Å². The lowest BCUT2D eigenvalue weighted by atomic mass is 10.0. The Morgan fingerprint density at radius 2 is 2.30 bits per heavy atom. The molecule has 1 nitrogen and oxygen atoms in total. The molecule has 0 aliphatic heterocycles. The van der Waals surface area contributed by atoms with Crippen LogP contribution < -0.4 is 0 Å². The van der Waals surface area contributed by atoms with Gasteiger partial charge in [-0.3, -0.25) is 0 Å². The molecule has 0 heterocycles. The summed E-state index contributed by atoms with van der Waals surface area (Å²) in [6.07, 6.45) is 9.44. The van der Waals surface area contributed by atoms with Gasteiger partial charge >= 0.3 is 0 Å². The molecule has 0 bridgehead atoms. The summed E-state index contributed by atoms with van der Waals surface area (Å²) in [6, 6.07) is 0. The van der Waals surface area contributed by atoms with Crippen molar-refractivity contribution in [2.45, 2.75) is 19.3 Å². The van der Waals surface area contributed by atoms with Crippen LogP contribution in [0.15, 0.2) is 12.7 Å². The van der Waals surface area contributed by atoms with Crippen LogP contribution in [0.25, 0.3) is 0 Å². The molecule has 0 aromatic heterocycles. The summed E-state index contributed by atoms with van der Waals surface area (Å²) >= 11 is 0. The third-order valence-electron chi connectivity index (χ3n) is 1.49. The monoisotopic (exact) mass is 138 g/mol. The van der Waals surface area contributed by atoms with Gasteiger partial charge in [-0.15, -0.1) is 18.9 Å². The van der Waals surface area contributed by atoms with Crippen LogP contribution in [0.5, 0.6) is 0 Å². The molecule has 10 heavy (non-hydrogen) atoms. The first-order chi connectivity index (χ1) is 4.85. The Morgan fingerprint density at radius 1 is 1.60 bits per heavy atom. The Labute approximate surface area is 62.8 Å². The highest BCUT2D eigenvalue weighted by Crippen LogP contribution is 2.10. The van der Waals surface area contributed by atoms with Crippen molar-refractivity contribution in [3.05, 3.63) is 12.7 Å². The van der Waals surface area contributed by atoms with Gasteiger partial charge in [0.15, 0.2) is 0 Å². The molecule has 0 spiro atoms. The Balaban J connectivity index is 3.41. The van der Waals surface area contributed by atoms with Gasteiger partial charge in [-0.1, -0.05) is 6.08 Å². The minimum atomic E-state index is 0.223. The van der Waals surface area contributed by atoms with Gasteiger partial charge in [-0.25, -0.2) is 0 Å². The Kier molecular flexibility index (Phi) is 5.91. The summed E-state index contributed by atoms with van der Waals surface area (Å²) in [5.74, 6) is 2.95. The average Bonchev–Trinajstić information content (AvgIpc) is 1.98. The predicted molar refractivity (Wildman–Crippen MR) is 43.5 cm³/mol. The maximum absolute atomic E-state index is 8.57. The molecule has 0 aromatic rings. The molecule has 1 atom stereocenters. The summed E-state index contributed by atoms with van der Waals surface area (Å²) < 4.78 is 0. The predicted octanol–water partition coefficient (Wildman–Crippen LogP) is 1.58. The number of allylic oxidation sites excluding steroid dienone is 1. The van der Waals surface area contributed by atoms with Gasteiger partial charge < -0.3 is 5.11 Å². The summed E-state index contributed by atoms with van der Waals surface area (Å²) in [6.45, 7) is 3.88. The van der Waals surface area contributed by atoms with Crippen LogP contribution in [0.2, 0.25) is 0 Å². The van der Waals surface area contributed by atoms with E-state index in [-0.39, 0.29) is 6.61 Å². The van der Waals surface area contributed by atoms with E-state index in [1.54, 1.807) is 0 Å². The number of aliphatic hydroxyl groups is 1. The van der Waals surface area contributed by atoms with Gasteiger partial charge in [0.2, 0.25) is 0 Å². The zero-order valence-electron chi connectivity index (χ0n) is 6.21. The number of terminal acetylenes is 1. The molecule has 0 radical (unpaired) electrons. The van der Waals surface area contributed by atoms with Crippen LogP contribution in [0, 0.1) is 18.3 Å². The second-order valence-electron chi connectivity index (χ2n) is 2.25. The van der Waals surface area contributed by atoms with E-state index in [2.05, 4.69) is 12.5 Å². The summed E-state index contributed by atoms with van der Waals surface area (Å²) in [5.41, 5.74) is 0. The smallest absolute Gasteiger partial charge is 0.0436 e.